The van der Waals surface area contributed by atoms with E-state index in [4.69, 9.17) is 4.74 Å². The van der Waals surface area contributed by atoms with E-state index >= 15 is 0 Å². The van der Waals surface area contributed by atoms with Gasteiger partial charge in [0.05, 0.1) is 17.7 Å². The number of hydrogen-bond acceptors (Lipinski definition) is 5. The van der Waals surface area contributed by atoms with Crippen LogP contribution in [0.1, 0.15) is 49.9 Å². The van der Waals surface area contributed by atoms with E-state index < -0.39 is 34.1 Å². The number of nitrogens with zero attached hydrogens (tertiary/aromatic N) is 2. The fraction of sp³-hybridized carbons (Fsp3) is 0.375. The minimum absolute atomic E-state index is 0.0806. The number of anilines is 1. The molecular weight excluding hydrogens is 538 g/mol. The van der Waals surface area contributed by atoms with Crippen LogP contribution in [0.5, 0.6) is 5.75 Å². The highest BCUT2D eigenvalue weighted by molar-refractivity contribution is 7.92. The molecule has 0 aliphatic heterocycles. The van der Waals surface area contributed by atoms with Gasteiger partial charge in [0, 0.05) is 12.1 Å². The standard InChI is InChI=1S/C32H41N3O5S/c1-22-12-18-28(19-13-22)41(38,39)35(29-11-9-10-23(2)24(29)3)21-30(36)34(25(4)31(37)33-32(5,6)7)20-26-14-16-27(40-8)17-15-26/h9-19,25H,20-21H2,1-8H3,(H,33,37)/t25-/m1/s1. The number of sulfonamides is 1. The highest BCUT2D eigenvalue weighted by Gasteiger charge is 2.34. The van der Waals surface area contributed by atoms with E-state index in [1.165, 1.54) is 4.90 Å². The summed E-state index contributed by atoms with van der Waals surface area (Å²) in [5, 5.41) is 2.94. The molecule has 3 aromatic rings. The van der Waals surface area contributed by atoms with Crippen LogP contribution in [0.3, 0.4) is 0 Å². The molecular formula is C32H41N3O5S. The van der Waals surface area contributed by atoms with Crippen molar-refractivity contribution in [2.75, 3.05) is 18.0 Å². The molecule has 3 rings (SSSR count). The van der Waals surface area contributed by atoms with E-state index in [0.29, 0.717) is 11.4 Å². The van der Waals surface area contributed by atoms with Gasteiger partial charge in [-0.3, -0.25) is 13.9 Å². The van der Waals surface area contributed by atoms with E-state index in [1.807, 2.05) is 59.7 Å². The number of ether oxygens (including phenoxy) is 1. The SMILES string of the molecule is COc1ccc(CN(C(=O)CN(c2cccc(C)c2C)S(=O)(=O)c2ccc(C)cc2)[C@H](C)C(=O)NC(C)(C)C)cc1. The molecule has 0 aliphatic rings. The number of amides is 2. The Kier molecular flexibility index (Phi) is 9.86. The number of carbonyl (C=O) groups is 2. The highest BCUT2D eigenvalue weighted by Crippen LogP contribution is 2.29. The Labute approximate surface area is 244 Å². The van der Waals surface area contributed by atoms with Gasteiger partial charge in [0.1, 0.15) is 18.3 Å². The van der Waals surface area contributed by atoms with Gasteiger partial charge in [-0.25, -0.2) is 8.42 Å². The molecule has 1 N–H and O–H groups in total. The van der Waals surface area contributed by atoms with Crippen molar-refractivity contribution in [3.8, 4) is 5.75 Å². The lowest BCUT2D eigenvalue weighted by Gasteiger charge is -2.34. The molecule has 1 atom stereocenters. The van der Waals surface area contributed by atoms with Crippen molar-refractivity contribution < 1.29 is 22.7 Å². The molecule has 0 bridgehead atoms. The van der Waals surface area contributed by atoms with E-state index in [1.54, 1.807) is 62.6 Å². The van der Waals surface area contributed by atoms with Gasteiger partial charge in [-0.15, -0.1) is 0 Å². The number of methoxy groups -OCH3 is 1. The van der Waals surface area contributed by atoms with Crippen LogP contribution >= 0.6 is 0 Å². The molecule has 2 amide bonds. The highest BCUT2D eigenvalue weighted by atomic mass is 32.2. The maximum absolute atomic E-state index is 14.1. The molecule has 41 heavy (non-hydrogen) atoms. The minimum atomic E-state index is -4.13. The first-order chi connectivity index (χ1) is 19.1. The first-order valence-corrected chi connectivity index (χ1v) is 15.0. The van der Waals surface area contributed by atoms with Crippen LogP contribution in [0, 0.1) is 20.8 Å². The Balaban J connectivity index is 2.07. The lowest BCUT2D eigenvalue weighted by Crippen LogP contribution is -2.54. The number of nitrogens with one attached hydrogen (secondary N) is 1. The molecule has 0 aromatic heterocycles. The maximum atomic E-state index is 14.1. The summed E-state index contributed by atoms with van der Waals surface area (Å²) in [5.41, 5.74) is 3.23. The predicted octanol–water partition coefficient (Wildman–Crippen LogP) is 5.15. The third-order valence-electron chi connectivity index (χ3n) is 6.91. The molecule has 0 heterocycles. The maximum Gasteiger partial charge on any atom is 0.264 e. The lowest BCUT2D eigenvalue weighted by atomic mass is 10.1. The Morgan fingerprint density at radius 3 is 2.10 bits per heavy atom. The number of rotatable bonds is 10. The molecule has 0 saturated carbocycles. The van der Waals surface area contributed by atoms with Crippen molar-refractivity contribution in [1.29, 1.82) is 0 Å². The average molecular weight is 580 g/mol. The van der Waals surface area contributed by atoms with Crippen LogP contribution in [0.4, 0.5) is 5.69 Å². The van der Waals surface area contributed by atoms with Gasteiger partial charge in [0.15, 0.2) is 0 Å². The fourth-order valence-corrected chi connectivity index (χ4v) is 5.81. The Hall–Kier alpha value is -3.85. The summed E-state index contributed by atoms with van der Waals surface area (Å²) >= 11 is 0. The van der Waals surface area contributed by atoms with Gasteiger partial charge in [-0.1, -0.05) is 42.0 Å². The summed E-state index contributed by atoms with van der Waals surface area (Å²) < 4.78 is 34.5. The number of aryl methyl sites for hydroxylation is 2. The minimum Gasteiger partial charge on any atom is -0.497 e. The van der Waals surface area contributed by atoms with Gasteiger partial charge in [-0.05, 0) is 95.5 Å². The average Bonchev–Trinajstić information content (AvgIpc) is 2.91. The summed E-state index contributed by atoms with van der Waals surface area (Å²) in [6, 6.07) is 18.2. The van der Waals surface area contributed by atoms with Crippen LogP contribution < -0.4 is 14.4 Å². The van der Waals surface area contributed by atoms with Crippen molar-refractivity contribution in [2.45, 2.75) is 71.5 Å². The largest absolute Gasteiger partial charge is 0.497 e. The van der Waals surface area contributed by atoms with Gasteiger partial charge >= 0.3 is 0 Å². The number of hydrogen-bond donors (Lipinski definition) is 1. The first kappa shape index (κ1) is 31.7. The Morgan fingerprint density at radius 2 is 1.54 bits per heavy atom. The van der Waals surface area contributed by atoms with Crippen molar-refractivity contribution in [3.05, 3.63) is 89.0 Å². The molecule has 0 spiro atoms. The first-order valence-electron chi connectivity index (χ1n) is 13.5. The second kappa shape index (κ2) is 12.8. The second-order valence-corrected chi connectivity index (χ2v) is 13.2. The molecule has 0 saturated heterocycles. The summed E-state index contributed by atoms with van der Waals surface area (Å²) in [5.74, 6) is -0.177. The Bertz CT molecular complexity index is 1480. The quantitative estimate of drug-likeness (QED) is 0.359. The summed E-state index contributed by atoms with van der Waals surface area (Å²) in [4.78, 5) is 28.9. The molecule has 0 fully saturated rings. The van der Waals surface area contributed by atoms with Crippen LogP contribution in [0.2, 0.25) is 0 Å². The molecule has 8 nitrogen and oxygen atoms in total. The molecule has 0 unspecified atom stereocenters. The van der Waals surface area contributed by atoms with Crippen LogP contribution in [0.15, 0.2) is 71.6 Å². The molecule has 0 radical (unpaired) electrons. The van der Waals surface area contributed by atoms with Crippen molar-refractivity contribution in [3.63, 3.8) is 0 Å². The zero-order chi connectivity index (χ0) is 30.5. The fourth-order valence-electron chi connectivity index (χ4n) is 4.34. The van der Waals surface area contributed by atoms with E-state index in [0.717, 1.165) is 26.6 Å². The van der Waals surface area contributed by atoms with Crippen molar-refractivity contribution >= 4 is 27.5 Å². The molecule has 0 aliphatic carbocycles. The summed E-state index contributed by atoms with van der Waals surface area (Å²) in [6.07, 6.45) is 0. The monoisotopic (exact) mass is 579 g/mol. The number of carbonyl (C=O) groups excluding carboxylic acids is 2. The zero-order valence-corrected chi connectivity index (χ0v) is 26.0. The topological polar surface area (TPSA) is 96.0 Å². The Morgan fingerprint density at radius 1 is 0.927 bits per heavy atom. The summed E-state index contributed by atoms with van der Waals surface area (Å²) in [6.45, 7) is 12.5. The van der Waals surface area contributed by atoms with Crippen molar-refractivity contribution in [1.82, 2.24) is 10.2 Å². The number of benzene rings is 3. The normalized spacial score (nSPS) is 12.4. The van der Waals surface area contributed by atoms with Gasteiger partial charge in [0.25, 0.3) is 10.0 Å². The second-order valence-electron chi connectivity index (χ2n) is 11.3. The van der Waals surface area contributed by atoms with E-state index in [9.17, 15) is 18.0 Å². The van der Waals surface area contributed by atoms with Crippen molar-refractivity contribution in [2.24, 2.45) is 0 Å². The third-order valence-corrected chi connectivity index (χ3v) is 8.68. The van der Waals surface area contributed by atoms with Crippen LogP contribution in [-0.2, 0) is 26.2 Å². The van der Waals surface area contributed by atoms with Crippen LogP contribution in [-0.4, -0.2) is 50.4 Å². The van der Waals surface area contributed by atoms with E-state index in [-0.39, 0.29) is 17.3 Å². The molecule has 3 aromatic carbocycles. The van der Waals surface area contributed by atoms with Gasteiger partial charge in [0.2, 0.25) is 11.8 Å². The summed E-state index contributed by atoms with van der Waals surface area (Å²) in [7, 11) is -2.56. The van der Waals surface area contributed by atoms with E-state index in [2.05, 4.69) is 5.32 Å². The third kappa shape index (κ3) is 7.88. The molecule has 9 heteroatoms. The van der Waals surface area contributed by atoms with Crippen LogP contribution in [0.25, 0.3) is 0 Å². The zero-order valence-electron chi connectivity index (χ0n) is 25.2. The van der Waals surface area contributed by atoms with Gasteiger partial charge in [-0.2, -0.15) is 0 Å². The predicted molar refractivity (Wildman–Crippen MR) is 163 cm³/mol. The van der Waals surface area contributed by atoms with Gasteiger partial charge < -0.3 is 15.0 Å². The lowest BCUT2D eigenvalue weighted by molar-refractivity contribution is -0.140. The smallest absolute Gasteiger partial charge is 0.264 e. The molecule has 220 valence electrons.